The topological polar surface area (TPSA) is 94.3 Å². The molecule has 0 N–H and O–H groups in total. The van der Waals surface area contributed by atoms with E-state index in [0.29, 0.717) is 30.1 Å². The molecule has 2 saturated heterocycles. The number of piperidine rings is 1. The van der Waals surface area contributed by atoms with E-state index < -0.39 is 34.1 Å². The summed E-state index contributed by atoms with van der Waals surface area (Å²) in [7, 11) is -2.25. The summed E-state index contributed by atoms with van der Waals surface area (Å²) >= 11 is 0. The van der Waals surface area contributed by atoms with Gasteiger partial charge in [0.1, 0.15) is 29.3 Å². The zero-order valence-corrected chi connectivity index (χ0v) is 21.5. The van der Waals surface area contributed by atoms with Crippen molar-refractivity contribution in [3.63, 3.8) is 0 Å². The van der Waals surface area contributed by atoms with Crippen LogP contribution in [0.2, 0.25) is 0 Å². The summed E-state index contributed by atoms with van der Waals surface area (Å²) in [6.45, 7) is 1.05. The van der Waals surface area contributed by atoms with Crippen molar-refractivity contribution < 1.29 is 44.7 Å². The fourth-order valence-electron chi connectivity index (χ4n) is 5.02. The van der Waals surface area contributed by atoms with Crippen LogP contribution in [0.5, 0.6) is 11.5 Å². The number of ether oxygens (including phenoxy) is 3. The molecule has 3 heterocycles. The Morgan fingerprint density at radius 2 is 1.97 bits per heavy atom. The van der Waals surface area contributed by atoms with E-state index in [2.05, 4.69) is 9.89 Å². The number of aromatic nitrogens is 1. The van der Waals surface area contributed by atoms with E-state index in [-0.39, 0.29) is 42.6 Å². The van der Waals surface area contributed by atoms with Gasteiger partial charge in [-0.15, -0.1) is 13.2 Å². The van der Waals surface area contributed by atoms with Crippen molar-refractivity contribution in [2.75, 3.05) is 38.3 Å². The number of hydrogen-bond acceptors (Lipinski definition) is 8. The molecule has 3 aromatic rings. The predicted octanol–water partition coefficient (Wildman–Crippen LogP) is 4.20. The first-order chi connectivity index (χ1) is 18.5. The van der Waals surface area contributed by atoms with E-state index >= 15 is 4.39 Å². The Kier molecular flexibility index (Phi) is 7.44. The molecule has 0 saturated carbocycles. The van der Waals surface area contributed by atoms with Gasteiger partial charge in [0.25, 0.3) is 0 Å². The summed E-state index contributed by atoms with van der Waals surface area (Å²) in [4.78, 5) is 1.94. The van der Waals surface area contributed by atoms with Gasteiger partial charge in [0.05, 0.1) is 37.2 Å². The van der Waals surface area contributed by atoms with Crippen molar-refractivity contribution in [2.24, 2.45) is 0 Å². The second kappa shape index (κ2) is 10.7. The minimum Gasteiger partial charge on any atom is -0.495 e. The third-order valence-electron chi connectivity index (χ3n) is 6.72. The Morgan fingerprint density at radius 1 is 1.15 bits per heavy atom. The Balaban J connectivity index is 1.38. The van der Waals surface area contributed by atoms with Gasteiger partial charge >= 0.3 is 6.36 Å². The maximum atomic E-state index is 15.4. The van der Waals surface area contributed by atoms with Crippen LogP contribution in [-0.2, 0) is 20.5 Å². The highest BCUT2D eigenvalue weighted by Crippen LogP contribution is 2.40. The van der Waals surface area contributed by atoms with Crippen LogP contribution in [-0.4, -0.2) is 69.7 Å². The van der Waals surface area contributed by atoms with Crippen LogP contribution in [0.1, 0.15) is 12.1 Å². The molecular weight excluding hydrogens is 546 g/mol. The number of nitrogens with zero attached hydrogens (tertiary/aromatic N) is 3. The molecule has 2 atom stereocenters. The number of sulfonamides is 1. The Labute approximate surface area is 221 Å². The number of methoxy groups -OCH3 is 1. The molecule has 2 aromatic carbocycles. The van der Waals surface area contributed by atoms with Crippen molar-refractivity contribution >= 4 is 15.7 Å². The summed E-state index contributed by atoms with van der Waals surface area (Å²) in [5.74, 6) is -1.11. The first-order valence-electron chi connectivity index (χ1n) is 12.0. The zero-order chi connectivity index (χ0) is 27.8. The second-order valence-corrected chi connectivity index (χ2v) is 11.1. The molecule has 9 nitrogen and oxygen atoms in total. The highest BCUT2D eigenvalue weighted by Gasteiger charge is 2.41. The number of morpholine rings is 1. The van der Waals surface area contributed by atoms with Crippen LogP contribution in [0.4, 0.5) is 23.2 Å². The van der Waals surface area contributed by atoms with E-state index in [0.717, 1.165) is 12.1 Å². The fraction of sp³-hybridized carbons (Fsp3) is 0.400. The molecule has 2 aliphatic heterocycles. The molecule has 0 spiro atoms. The lowest BCUT2D eigenvalue weighted by Gasteiger charge is -2.47. The largest absolute Gasteiger partial charge is 0.573 e. The van der Waals surface area contributed by atoms with Gasteiger partial charge in [0, 0.05) is 37.3 Å². The molecular formula is C25H25F4N3O6S. The molecule has 0 radical (unpaired) electrons. The maximum Gasteiger partial charge on any atom is 0.573 e. The van der Waals surface area contributed by atoms with Crippen molar-refractivity contribution in [1.82, 2.24) is 9.46 Å². The van der Waals surface area contributed by atoms with E-state index in [1.54, 1.807) is 0 Å². The van der Waals surface area contributed by atoms with E-state index in [1.165, 1.54) is 48.0 Å². The summed E-state index contributed by atoms with van der Waals surface area (Å²) in [6.07, 6.45) is -3.62. The van der Waals surface area contributed by atoms with E-state index in [9.17, 15) is 21.6 Å². The molecule has 5 rings (SSSR count). The Morgan fingerprint density at radius 3 is 2.69 bits per heavy atom. The monoisotopic (exact) mass is 571 g/mol. The quantitative estimate of drug-likeness (QED) is 0.390. The van der Waals surface area contributed by atoms with Crippen molar-refractivity contribution in [1.29, 1.82) is 0 Å². The first kappa shape index (κ1) is 27.2. The highest BCUT2D eigenvalue weighted by molar-refractivity contribution is 7.88. The Bertz CT molecular complexity index is 1420. The zero-order valence-electron chi connectivity index (χ0n) is 20.7. The van der Waals surface area contributed by atoms with Gasteiger partial charge in [-0.3, -0.25) is 0 Å². The number of benzene rings is 2. The molecule has 2 fully saturated rings. The molecule has 2 aliphatic rings. The molecule has 0 bridgehead atoms. The van der Waals surface area contributed by atoms with Crippen molar-refractivity contribution in [2.45, 2.75) is 30.7 Å². The van der Waals surface area contributed by atoms with Crippen LogP contribution < -0.4 is 14.4 Å². The molecule has 0 amide bonds. The van der Waals surface area contributed by atoms with Gasteiger partial charge in [-0.05, 0) is 30.2 Å². The average Bonchev–Trinajstić information content (AvgIpc) is 3.39. The third kappa shape index (κ3) is 5.97. The molecule has 0 aliphatic carbocycles. The lowest BCUT2D eigenvalue weighted by molar-refractivity contribution is -0.274. The van der Waals surface area contributed by atoms with Crippen LogP contribution in [0.3, 0.4) is 0 Å². The molecule has 1 aromatic heterocycles. The van der Waals surface area contributed by atoms with Gasteiger partial charge < -0.3 is 23.6 Å². The number of anilines is 1. The number of halogens is 4. The molecule has 14 heteroatoms. The maximum absolute atomic E-state index is 15.4. The minimum absolute atomic E-state index is 0.0433. The first-order valence-corrected chi connectivity index (χ1v) is 13.6. The molecule has 0 unspecified atom stereocenters. The van der Waals surface area contributed by atoms with Gasteiger partial charge in [0.2, 0.25) is 10.0 Å². The summed E-state index contributed by atoms with van der Waals surface area (Å²) in [6, 6.07) is 9.00. The van der Waals surface area contributed by atoms with Crippen molar-refractivity contribution in [3.8, 4) is 22.6 Å². The lowest BCUT2D eigenvalue weighted by atomic mass is 9.97. The van der Waals surface area contributed by atoms with Crippen LogP contribution in [0, 0.1) is 5.82 Å². The number of rotatable bonds is 7. The van der Waals surface area contributed by atoms with E-state index in [4.69, 9.17) is 14.0 Å². The highest BCUT2D eigenvalue weighted by atomic mass is 32.2. The summed E-state index contributed by atoms with van der Waals surface area (Å²) in [5.41, 5.74) is 0.976. The normalized spacial score (nSPS) is 20.5. The number of hydrogen-bond donors (Lipinski definition) is 0. The minimum atomic E-state index is -4.88. The number of alkyl halides is 3. The molecule has 210 valence electrons. The van der Waals surface area contributed by atoms with Crippen LogP contribution >= 0.6 is 0 Å². The standard InChI is InChI=1S/C25H25F4N3O6S/c1-35-23-12-19(16-3-2-4-18(11-16)38-25(27,28)29)20(26)13-22(23)32-8-10-36-24-14-31(7-5-21(24)32)39(33,34)15-17-6-9-37-30-17/h2-4,6,9,11-13,21,24H,5,7-8,10,14-15H2,1H3/t21-,24-/m0/s1. The lowest BCUT2D eigenvalue weighted by Crippen LogP contribution is -2.60. The summed E-state index contributed by atoms with van der Waals surface area (Å²) < 4.78 is 101. The van der Waals surface area contributed by atoms with Gasteiger partial charge in [-0.2, -0.15) is 4.31 Å². The second-order valence-electron chi connectivity index (χ2n) is 9.14. The fourth-order valence-corrected chi connectivity index (χ4v) is 6.48. The van der Waals surface area contributed by atoms with Crippen LogP contribution in [0.25, 0.3) is 11.1 Å². The van der Waals surface area contributed by atoms with Gasteiger partial charge in [-0.25, -0.2) is 12.8 Å². The third-order valence-corrected chi connectivity index (χ3v) is 8.50. The van der Waals surface area contributed by atoms with Crippen molar-refractivity contribution in [3.05, 3.63) is 60.2 Å². The average molecular weight is 572 g/mol. The smallest absolute Gasteiger partial charge is 0.495 e. The van der Waals surface area contributed by atoms with Gasteiger partial charge in [-0.1, -0.05) is 17.3 Å². The Hall–Kier alpha value is -3.36. The molecule has 39 heavy (non-hydrogen) atoms. The number of fused-ring (bicyclic) bond motifs is 1. The van der Waals surface area contributed by atoms with Crippen LogP contribution in [0.15, 0.2) is 53.3 Å². The van der Waals surface area contributed by atoms with Gasteiger partial charge in [0.15, 0.2) is 0 Å². The van der Waals surface area contributed by atoms with E-state index in [1.807, 2.05) is 4.90 Å². The predicted molar refractivity (Wildman–Crippen MR) is 131 cm³/mol. The SMILES string of the molecule is COc1cc(-c2cccc(OC(F)(F)F)c2)c(F)cc1N1CCO[C@H]2CN(S(=O)(=O)Cc3ccon3)CC[C@@H]21. The summed E-state index contributed by atoms with van der Waals surface area (Å²) in [5, 5.41) is 3.68.